The SMILES string of the molecule is CC[C@@H](C)N=CC1=C(O)CC(c2ccccc2)CC1=O. The Hall–Kier alpha value is -1.90. The fourth-order valence-electron chi connectivity index (χ4n) is 2.32. The second-order valence-corrected chi connectivity index (χ2v) is 5.33. The van der Waals surface area contributed by atoms with Gasteiger partial charge in [-0.25, -0.2) is 0 Å². The van der Waals surface area contributed by atoms with Gasteiger partial charge in [0.25, 0.3) is 0 Å². The number of rotatable bonds is 4. The number of aliphatic hydroxyl groups is 1. The van der Waals surface area contributed by atoms with E-state index in [0.717, 1.165) is 12.0 Å². The van der Waals surface area contributed by atoms with Crippen LogP contribution < -0.4 is 0 Å². The summed E-state index contributed by atoms with van der Waals surface area (Å²) in [6.45, 7) is 4.04. The number of Topliss-reactive ketones (excluding diaryl/α,β-unsaturated/α-hetero) is 1. The minimum Gasteiger partial charge on any atom is -0.511 e. The average Bonchev–Trinajstić information content (AvgIpc) is 2.46. The third-order valence-corrected chi connectivity index (χ3v) is 3.80. The highest BCUT2D eigenvalue weighted by molar-refractivity contribution is 6.14. The van der Waals surface area contributed by atoms with Crippen LogP contribution in [0.5, 0.6) is 0 Å². The monoisotopic (exact) mass is 271 g/mol. The van der Waals surface area contributed by atoms with Crippen LogP contribution in [-0.4, -0.2) is 23.1 Å². The maximum absolute atomic E-state index is 12.2. The lowest BCUT2D eigenvalue weighted by Crippen LogP contribution is -2.19. The van der Waals surface area contributed by atoms with Crippen molar-refractivity contribution in [3.05, 3.63) is 47.2 Å². The van der Waals surface area contributed by atoms with Crippen LogP contribution in [0, 0.1) is 0 Å². The number of aliphatic imine (C=N–C) groups is 1. The second kappa shape index (κ2) is 6.51. The summed E-state index contributed by atoms with van der Waals surface area (Å²) < 4.78 is 0. The van der Waals surface area contributed by atoms with Crippen LogP contribution in [0.4, 0.5) is 0 Å². The first kappa shape index (κ1) is 14.5. The number of hydrogen-bond acceptors (Lipinski definition) is 3. The molecule has 106 valence electrons. The van der Waals surface area contributed by atoms with Gasteiger partial charge in [0, 0.05) is 25.1 Å². The molecule has 0 aliphatic heterocycles. The average molecular weight is 271 g/mol. The zero-order valence-corrected chi connectivity index (χ0v) is 12.0. The molecule has 0 saturated carbocycles. The smallest absolute Gasteiger partial charge is 0.168 e. The fourth-order valence-corrected chi connectivity index (χ4v) is 2.32. The highest BCUT2D eigenvalue weighted by atomic mass is 16.3. The molecule has 1 N–H and O–H groups in total. The van der Waals surface area contributed by atoms with Crippen molar-refractivity contribution in [3.63, 3.8) is 0 Å². The molecule has 1 aromatic rings. The summed E-state index contributed by atoms with van der Waals surface area (Å²) in [5.74, 6) is 0.223. The van der Waals surface area contributed by atoms with Gasteiger partial charge in [-0.2, -0.15) is 0 Å². The van der Waals surface area contributed by atoms with Crippen molar-refractivity contribution in [2.45, 2.75) is 45.1 Å². The van der Waals surface area contributed by atoms with Crippen LogP contribution in [0.1, 0.15) is 44.6 Å². The molecule has 0 bridgehead atoms. The van der Waals surface area contributed by atoms with Crippen LogP contribution in [0.25, 0.3) is 0 Å². The second-order valence-electron chi connectivity index (χ2n) is 5.33. The molecule has 0 saturated heterocycles. The maximum Gasteiger partial charge on any atom is 0.168 e. The van der Waals surface area contributed by atoms with Gasteiger partial charge in [-0.05, 0) is 24.8 Å². The summed E-state index contributed by atoms with van der Waals surface area (Å²) in [4.78, 5) is 16.5. The minimum atomic E-state index is -0.0188. The Labute approximate surface area is 120 Å². The lowest BCUT2D eigenvalue weighted by molar-refractivity contribution is -0.116. The molecule has 1 aliphatic carbocycles. The largest absolute Gasteiger partial charge is 0.511 e. The minimum absolute atomic E-state index is 0.0188. The number of ketones is 1. The standard InChI is InChI=1S/C17H21NO2/c1-3-12(2)18-11-15-16(19)9-14(10-17(15)20)13-7-5-4-6-8-13/h4-8,11-12,14,19H,3,9-10H2,1-2H3/t12-,14?/m1/s1. The van der Waals surface area contributed by atoms with Gasteiger partial charge in [-0.3, -0.25) is 9.79 Å². The zero-order chi connectivity index (χ0) is 14.5. The van der Waals surface area contributed by atoms with E-state index < -0.39 is 0 Å². The highest BCUT2D eigenvalue weighted by Crippen LogP contribution is 2.32. The first-order chi connectivity index (χ1) is 9.61. The molecule has 1 aliphatic rings. The van der Waals surface area contributed by atoms with E-state index in [-0.39, 0.29) is 23.5 Å². The Bertz CT molecular complexity index is 531. The van der Waals surface area contributed by atoms with Gasteiger partial charge in [0.15, 0.2) is 5.78 Å². The molecule has 0 fully saturated rings. The molecule has 2 atom stereocenters. The molecule has 0 spiro atoms. The summed E-state index contributed by atoms with van der Waals surface area (Å²) in [6.07, 6.45) is 3.42. The lowest BCUT2D eigenvalue weighted by Gasteiger charge is -2.22. The number of nitrogens with zero attached hydrogens (tertiary/aromatic N) is 1. The summed E-state index contributed by atoms with van der Waals surface area (Å²) >= 11 is 0. The van der Waals surface area contributed by atoms with E-state index in [1.165, 1.54) is 0 Å². The van der Waals surface area contributed by atoms with E-state index in [1.807, 2.05) is 44.2 Å². The Balaban J connectivity index is 2.17. The van der Waals surface area contributed by atoms with Crippen LogP contribution >= 0.6 is 0 Å². The summed E-state index contributed by atoms with van der Waals surface area (Å²) in [5.41, 5.74) is 1.49. The van der Waals surface area contributed by atoms with Crippen molar-refractivity contribution in [3.8, 4) is 0 Å². The van der Waals surface area contributed by atoms with Crippen molar-refractivity contribution < 1.29 is 9.90 Å². The van der Waals surface area contributed by atoms with Gasteiger partial charge < -0.3 is 5.11 Å². The Morgan fingerprint density at radius 2 is 2.05 bits per heavy atom. The summed E-state index contributed by atoms with van der Waals surface area (Å²) in [6, 6.07) is 10.1. The number of allylic oxidation sites excluding steroid dienone is 2. The third-order valence-electron chi connectivity index (χ3n) is 3.80. The van der Waals surface area contributed by atoms with Crippen molar-refractivity contribution >= 4 is 12.0 Å². The number of carbonyl (C=O) groups excluding carboxylic acids is 1. The predicted molar refractivity (Wildman–Crippen MR) is 81.3 cm³/mol. The normalized spacial score (nSPS) is 21.5. The van der Waals surface area contributed by atoms with Gasteiger partial charge in [0.2, 0.25) is 0 Å². The molecule has 2 rings (SSSR count). The maximum atomic E-state index is 12.2. The van der Waals surface area contributed by atoms with Gasteiger partial charge in [0.05, 0.1) is 5.57 Å². The van der Waals surface area contributed by atoms with E-state index in [2.05, 4.69) is 4.99 Å². The third kappa shape index (κ3) is 3.35. The number of benzene rings is 1. The molecule has 3 heteroatoms. The van der Waals surface area contributed by atoms with Crippen LogP contribution in [0.2, 0.25) is 0 Å². The summed E-state index contributed by atoms with van der Waals surface area (Å²) in [5, 5.41) is 10.1. The molecule has 1 aromatic carbocycles. The molecule has 0 aromatic heterocycles. The van der Waals surface area contributed by atoms with Crippen molar-refractivity contribution in [1.82, 2.24) is 0 Å². The van der Waals surface area contributed by atoms with Crippen LogP contribution in [0.15, 0.2) is 46.7 Å². The molecular weight excluding hydrogens is 250 g/mol. The Kier molecular flexibility index (Phi) is 4.72. The van der Waals surface area contributed by atoms with Crippen molar-refractivity contribution in [1.29, 1.82) is 0 Å². The molecule has 20 heavy (non-hydrogen) atoms. The Morgan fingerprint density at radius 3 is 2.65 bits per heavy atom. The van der Waals surface area contributed by atoms with Gasteiger partial charge in [0.1, 0.15) is 5.76 Å². The van der Waals surface area contributed by atoms with Crippen molar-refractivity contribution in [2.24, 2.45) is 4.99 Å². The highest BCUT2D eigenvalue weighted by Gasteiger charge is 2.27. The summed E-state index contributed by atoms with van der Waals surface area (Å²) in [7, 11) is 0. The molecule has 0 heterocycles. The number of carbonyl (C=O) groups is 1. The van der Waals surface area contributed by atoms with Crippen molar-refractivity contribution in [2.75, 3.05) is 0 Å². The molecule has 3 nitrogen and oxygen atoms in total. The van der Waals surface area contributed by atoms with Crippen LogP contribution in [-0.2, 0) is 4.79 Å². The topological polar surface area (TPSA) is 49.7 Å². The first-order valence-corrected chi connectivity index (χ1v) is 7.15. The van der Waals surface area contributed by atoms with E-state index in [1.54, 1.807) is 6.21 Å². The number of hydrogen-bond donors (Lipinski definition) is 1. The van der Waals surface area contributed by atoms with E-state index in [0.29, 0.717) is 18.4 Å². The lowest BCUT2D eigenvalue weighted by atomic mass is 9.83. The fraction of sp³-hybridized carbons (Fsp3) is 0.412. The van der Waals surface area contributed by atoms with Gasteiger partial charge >= 0.3 is 0 Å². The predicted octanol–water partition coefficient (Wildman–Crippen LogP) is 3.81. The van der Waals surface area contributed by atoms with E-state index in [9.17, 15) is 9.90 Å². The van der Waals surface area contributed by atoms with Gasteiger partial charge in [-0.1, -0.05) is 37.3 Å². The van der Waals surface area contributed by atoms with E-state index >= 15 is 0 Å². The molecule has 0 radical (unpaired) electrons. The van der Waals surface area contributed by atoms with Crippen LogP contribution in [0.3, 0.4) is 0 Å². The molecule has 0 amide bonds. The zero-order valence-electron chi connectivity index (χ0n) is 12.0. The molecular formula is C17H21NO2. The quantitative estimate of drug-likeness (QED) is 0.846. The van der Waals surface area contributed by atoms with Gasteiger partial charge in [-0.15, -0.1) is 0 Å². The first-order valence-electron chi connectivity index (χ1n) is 7.15. The molecule has 1 unspecified atom stereocenters. The number of aliphatic hydroxyl groups excluding tert-OH is 1. The van der Waals surface area contributed by atoms with E-state index in [4.69, 9.17) is 0 Å². The Morgan fingerprint density at radius 1 is 1.35 bits per heavy atom.